The third-order valence-electron chi connectivity index (χ3n) is 2.02. The van der Waals surface area contributed by atoms with Crippen LogP contribution in [0.15, 0.2) is 22.7 Å². The van der Waals surface area contributed by atoms with Crippen LogP contribution in [0.25, 0.3) is 0 Å². The Morgan fingerprint density at radius 1 is 1.25 bits per heavy atom. The topological polar surface area (TPSA) is 18.5 Å². The highest BCUT2D eigenvalue weighted by atomic mass is 79.9. The van der Waals surface area contributed by atoms with Crippen molar-refractivity contribution in [2.75, 3.05) is 19.8 Å². The Kier molecular flexibility index (Phi) is 5.85. The van der Waals surface area contributed by atoms with Crippen LogP contribution in [0.3, 0.4) is 0 Å². The SMILES string of the molecule is Cc1ccc(OCCOCC(C)C)c(Br)c1. The molecule has 0 atom stereocenters. The lowest BCUT2D eigenvalue weighted by atomic mass is 10.2. The molecule has 0 unspecified atom stereocenters. The van der Waals surface area contributed by atoms with Crippen molar-refractivity contribution in [3.63, 3.8) is 0 Å². The summed E-state index contributed by atoms with van der Waals surface area (Å²) in [5.41, 5.74) is 1.22. The van der Waals surface area contributed by atoms with Gasteiger partial charge in [-0.25, -0.2) is 0 Å². The number of ether oxygens (including phenoxy) is 2. The van der Waals surface area contributed by atoms with E-state index in [2.05, 4.69) is 36.7 Å². The lowest BCUT2D eigenvalue weighted by molar-refractivity contribution is 0.0817. The minimum absolute atomic E-state index is 0.575. The monoisotopic (exact) mass is 286 g/mol. The molecule has 0 aliphatic heterocycles. The summed E-state index contributed by atoms with van der Waals surface area (Å²) in [5, 5.41) is 0. The van der Waals surface area contributed by atoms with Crippen LogP contribution in [0, 0.1) is 12.8 Å². The van der Waals surface area contributed by atoms with Crippen LogP contribution in [0.4, 0.5) is 0 Å². The second kappa shape index (κ2) is 6.92. The normalized spacial score (nSPS) is 10.8. The van der Waals surface area contributed by atoms with Gasteiger partial charge in [0.15, 0.2) is 0 Å². The molecule has 3 heteroatoms. The van der Waals surface area contributed by atoms with Gasteiger partial charge < -0.3 is 9.47 Å². The molecule has 0 amide bonds. The molecule has 0 aromatic heterocycles. The number of hydrogen-bond acceptors (Lipinski definition) is 2. The van der Waals surface area contributed by atoms with E-state index in [1.807, 2.05) is 18.2 Å². The zero-order valence-corrected chi connectivity index (χ0v) is 11.7. The molecule has 2 nitrogen and oxygen atoms in total. The Hall–Kier alpha value is -0.540. The minimum Gasteiger partial charge on any atom is -0.490 e. The zero-order valence-electron chi connectivity index (χ0n) is 10.1. The Labute approximate surface area is 106 Å². The number of rotatable bonds is 6. The van der Waals surface area contributed by atoms with Crippen molar-refractivity contribution in [1.29, 1.82) is 0 Å². The van der Waals surface area contributed by atoms with Crippen LogP contribution in [0.2, 0.25) is 0 Å². The van der Waals surface area contributed by atoms with Gasteiger partial charge in [-0.3, -0.25) is 0 Å². The summed E-state index contributed by atoms with van der Waals surface area (Å²) in [6.07, 6.45) is 0. The maximum atomic E-state index is 5.60. The van der Waals surface area contributed by atoms with Crippen LogP contribution in [-0.4, -0.2) is 19.8 Å². The first-order valence-corrected chi connectivity index (χ1v) is 6.35. The molecule has 1 aromatic carbocycles. The van der Waals surface area contributed by atoms with Crippen molar-refractivity contribution < 1.29 is 9.47 Å². The van der Waals surface area contributed by atoms with E-state index >= 15 is 0 Å². The largest absolute Gasteiger partial charge is 0.490 e. The third kappa shape index (κ3) is 4.99. The second-order valence-corrected chi connectivity index (χ2v) is 5.11. The quantitative estimate of drug-likeness (QED) is 0.741. The molecule has 0 saturated carbocycles. The molecular weight excluding hydrogens is 268 g/mol. The molecule has 0 N–H and O–H groups in total. The molecular formula is C13H19BrO2. The van der Waals surface area contributed by atoms with Gasteiger partial charge in [0, 0.05) is 6.61 Å². The van der Waals surface area contributed by atoms with Gasteiger partial charge in [-0.15, -0.1) is 0 Å². The predicted molar refractivity (Wildman–Crippen MR) is 70.0 cm³/mol. The Balaban J connectivity index is 2.27. The van der Waals surface area contributed by atoms with E-state index in [0.717, 1.165) is 16.8 Å². The number of benzene rings is 1. The van der Waals surface area contributed by atoms with Crippen LogP contribution >= 0.6 is 15.9 Å². The van der Waals surface area contributed by atoms with Gasteiger partial charge >= 0.3 is 0 Å². The highest BCUT2D eigenvalue weighted by molar-refractivity contribution is 9.10. The van der Waals surface area contributed by atoms with Crippen molar-refractivity contribution in [2.45, 2.75) is 20.8 Å². The molecule has 1 rings (SSSR count). The van der Waals surface area contributed by atoms with E-state index in [1.165, 1.54) is 5.56 Å². The summed E-state index contributed by atoms with van der Waals surface area (Å²) >= 11 is 3.47. The van der Waals surface area contributed by atoms with Gasteiger partial charge in [-0.05, 0) is 46.5 Å². The first-order valence-electron chi connectivity index (χ1n) is 5.56. The molecule has 0 bridgehead atoms. The fourth-order valence-corrected chi connectivity index (χ4v) is 1.86. The van der Waals surface area contributed by atoms with Crippen LogP contribution in [-0.2, 0) is 4.74 Å². The first-order chi connectivity index (χ1) is 7.59. The minimum atomic E-state index is 0.575. The van der Waals surface area contributed by atoms with Crippen LogP contribution in [0.5, 0.6) is 5.75 Å². The highest BCUT2D eigenvalue weighted by Crippen LogP contribution is 2.25. The lowest BCUT2D eigenvalue weighted by Gasteiger charge is -2.10. The second-order valence-electron chi connectivity index (χ2n) is 4.25. The van der Waals surface area contributed by atoms with Crippen molar-refractivity contribution in [3.05, 3.63) is 28.2 Å². The van der Waals surface area contributed by atoms with E-state index in [0.29, 0.717) is 19.1 Å². The van der Waals surface area contributed by atoms with Crippen LogP contribution in [0.1, 0.15) is 19.4 Å². The molecule has 0 saturated heterocycles. The lowest BCUT2D eigenvalue weighted by Crippen LogP contribution is -2.10. The van der Waals surface area contributed by atoms with Crippen molar-refractivity contribution >= 4 is 15.9 Å². The van der Waals surface area contributed by atoms with Gasteiger partial charge in [0.1, 0.15) is 12.4 Å². The Morgan fingerprint density at radius 3 is 2.62 bits per heavy atom. The summed E-state index contributed by atoms with van der Waals surface area (Å²) in [4.78, 5) is 0. The highest BCUT2D eigenvalue weighted by Gasteiger charge is 2.01. The van der Waals surface area contributed by atoms with Crippen LogP contribution < -0.4 is 4.74 Å². The van der Waals surface area contributed by atoms with E-state index in [-0.39, 0.29) is 0 Å². The summed E-state index contributed by atoms with van der Waals surface area (Å²) in [5.74, 6) is 1.45. The van der Waals surface area contributed by atoms with Crippen molar-refractivity contribution in [1.82, 2.24) is 0 Å². The van der Waals surface area contributed by atoms with E-state index in [9.17, 15) is 0 Å². The van der Waals surface area contributed by atoms with Crippen molar-refractivity contribution in [2.24, 2.45) is 5.92 Å². The molecule has 0 fully saturated rings. The van der Waals surface area contributed by atoms with Gasteiger partial charge in [-0.2, -0.15) is 0 Å². The fraction of sp³-hybridized carbons (Fsp3) is 0.538. The van der Waals surface area contributed by atoms with Crippen molar-refractivity contribution in [3.8, 4) is 5.75 Å². The van der Waals surface area contributed by atoms with Gasteiger partial charge in [-0.1, -0.05) is 19.9 Å². The number of hydrogen-bond donors (Lipinski definition) is 0. The first kappa shape index (κ1) is 13.5. The average molecular weight is 287 g/mol. The Bertz CT molecular complexity index is 324. The Morgan fingerprint density at radius 2 is 2.00 bits per heavy atom. The maximum Gasteiger partial charge on any atom is 0.133 e. The number of aryl methyl sites for hydroxylation is 1. The molecule has 16 heavy (non-hydrogen) atoms. The van der Waals surface area contributed by atoms with Gasteiger partial charge in [0.05, 0.1) is 11.1 Å². The maximum absolute atomic E-state index is 5.60. The molecule has 0 heterocycles. The standard InChI is InChI=1S/C13H19BrO2/c1-10(2)9-15-6-7-16-13-5-4-11(3)8-12(13)14/h4-5,8,10H,6-7,9H2,1-3H3. The molecule has 0 spiro atoms. The predicted octanol–water partition coefficient (Wildman–Crippen LogP) is 3.81. The summed E-state index contributed by atoms with van der Waals surface area (Å²) in [6, 6.07) is 6.06. The van der Waals surface area contributed by atoms with E-state index in [1.54, 1.807) is 0 Å². The molecule has 90 valence electrons. The molecule has 0 aliphatic rings. The zero-order chi connectivity index (χ0) is 12.0. The van der Waals surface area contributed by atoms with Gasteiger partial charge in [0.2, 0.25) is 0 Å². The van der Waals surface area contributed by atoms with E-state index < -0.39 is 0 Å². The summed E-state index contributed by atoms with van der Waals surface area (Å²) in [7, 11) is 0. The smallest absolute Gasteiger partial charge is 0.133 e. The average Bonchev–Trinajstić information content (AvgIpc) is 2.20. The molecule has 0 aliphatic carbocycles. The summed E-state index contributed by atoms with van der Waals surface area (Å²) < 4.78 is 12.0. The number of halogens is 1. The fourth-order valence-electron chi connectivity index (χ4n) is 1.25. The molecule has 1 aromatic rings. The van der Waals surface area contributed by atoms with Gasteiger partial charge in [0.25, 0.3) is 0 Å². The summed E-state index contributed by atoms with van der Waals surface area (Å²) in [6.45, 7) is 8.35. The molecule has 0 radical (unpaired) electrons. The van der Waals surface area contributed by atoms with E-state index in [4.69, 9.17) is 9.47 Å². The third-order valence-corrected chi connectivity index (χ3v) is 2.64.